The van der Waals surface area contributed by atoms with E-state index in [4.69, 9.17) is 23.1 Å². The van der Waals surface area contributed by atoms with Gasteiger partial charge in [0.15, 0.2) is 5.66 Å². The van der Waals surface area contributed by atoms with Crippen molar-refractivity contribution in [2.45, 2.75) is 31.3 Å². The SMILES string of the molecule is C#CCCC1(CCNC(=O)Cc2ccc(C(=O)O)cc2Cl)N=N1. The minimum Gasteiger partial charge on any atom is -0.478 e. The Labute approximate surface area is 138 Å². The fourth-order valence-electron chi connectivity index (χ4n) is 2.13. The van der Waals surface area contributed by atoms with E-state index in [-0.39, 0.29) is 22.9 Å². The topological polar surface area (TPSA) is 91.1 Å². The third-order valence-corrected chi connectivity index (χ3v) is 3.90. The lowest BCUT2D eigenvalue weighted by atomic mass is 10.0. The van der Waals surface area contributed by atoms with Crippen LogP contribution in [0.25, 0.3) is 0 Å². The van der Waals surface area contributed by atoms with Gasteiger partial charge in [0.2, 0.25) is 5.91 Å². The number of benzene rings is 1. The summed E-state index contributed by atoms with van der Waals surface area (Å²) in [7, 11) is 0. The van der Waals surface area contributed by atoms with Crippen LogP contribution in [0, 0.1) is 12.3 Å². The number of nitrogens with zero attached hydrogens (tertiary/aromatic N) is 2. The molecule has 0 aliphatic carbocycles. The van der Waals surface area contributed by atoms with Gasteiger partial charge < -0.3 is 10.4 Å². The first-order valence-corrected chi connectivity index (χ1v) is 7.49. The second-order valence-corrected chi connectivity index (χ2v) is 5.68. The van der Waals surface area contributed by atoms with Crippen LogP contribution in [-0.2, 0) is 11.2 Å². The van der Waals surface area contributed by atoms with Crippen molar-refractivity contribution < 1.29 is 14.7 Å². The van der Waals surface area contributed by atoms with E-state index in [0.717, 1.165) is 0 Å². The van der Waals surface area contributed by atoms with E-state index < -0.39 is 11.6 Å². The van der Waals surface area contributed by atoms with E-state index in [1.54, 1.807) is 6.07 Å². The highest BCUT2D eigenvalue weighted by Crippen LogP contribution is 2.36. The fourth-order valence-corrected chi connectivity index (χ4v) is 2.38. The van der Waals surface area contributed by atoms with E-state index in [0.29, 0.717) is 31.4 Å². The van der Waals surface area contributed by atoms with E-state index >= 15 is 0 Å². The zero-order valence-corrected chi connectivity index (χ0v) is 13.1. The molecule has 120 valence electrons. The summed E-state index contributed by atoms with van der Waals surface area (Å²) in [4.78, 5) is 22.8. The standard InChI is InChI=1S/C16H16ClN3O3/c1-2-3-6-16(19-20-16)7-8-18-14(21)10-11-4-5-12(15(22)23)9-13(11)17/h1,4-5,9H,3,6-8,10H2,(H,18,21)(H,22,23). The van der Waals surface area contributed by atoms with Crippen molar-refractivity contribution >= 4 is 23.5 Å². The number of halogens is 1. The number of carbonyl (C=O) groups excluding carboxylic acids is 1. The quantitative estimate of drug-likeness (QED) is 0.716. The highest BCUT2D eigenvalue weighted by Gasteiger charge is 2.38. The maximum absolute atomic E-state index is 11.9. The Hall–Kier alpha value is -2.39. The third kappa shape index (κ3) is 4.80. The molecule has 1 aromatic carbocycles. The first-order valence-electron chi connectivity index (χ1n) is 7.12. The monoisotopic (exact) mass is 333 g/mol. The van der Waals surface area contributed by atoms with Gasteiger partial charge in [-0.1, -0.05) is 17.7 Å². The molecule has 2 N–H and O–H groups in total. The normalized spacial score (nSPS) is 14.1. The summed E-state index contributed by atoms with van der Waals surface area (Å²) in [5, 5.41) is 19.9. The molecular weight excluding hydrogens is 318 g/mol. The van der Waals surface area contributed by atoms with Crippen LogP contribution in [-0.4, -0.2) is 29.2 Å². The number of carbonyl (C=O) groups is 2. The van der Waals surface area contributed by atoms with Gasteiger partial charge in [-0.3, -0.25) is 4.79 Å². The molecular formula is C16H16ClN3O3. The minimum atomic E-state index is -1.06. The Balaban J connectivity index is 1.79. The number of nitrogens with one attached hydrogen (secondary N) is 1. The number of rotatable bonds is 8. The average molecular weight is 334 g/mol. The van der Waals surface area contributed by atoms with Crippen molar-refractivity contribution in [3.8, 4) is 12.3 Å². The molecule has 23 heavy (non-hydrogen) atoms. The van der Waals surface area contributed by atoms with Crippen LogP contribution < -0.4 is 5.32 Å². The van der Waals surface area contributed by atoms with Gasteiger partial charge in [-0.2, -0.15) is 10.2 Å². The van der Waals surface area contributed by atoms with Crippen molar-refractivity contribution in [1.82, 2.24) is 5.32 Å². The maximum atomic E-state index is 11.9. The summed E-state index contributed by atoms with van der Waals surface area (Å²) in [5.41, 5.74) is 0.254. The van der Waals surface area contributed by atoms with Crippen LogP contribution >= 0.6 is 11.6 Å². The molecule has 0 saturated heterocycles. The number of hydrogen-bond donors (Lipinski definition) is 2. The molecule has 7 heteroatoms. The Bertz CT molecular complexity index is 688. The van der Waals surface area contributed by atoms with Crippen molar-refractivity contribution in [1.29, 1.82) is 0 Å². The van der Waals surface area contributed by atoms with Crippen molar-refractivity contribution in [3.63, 3.8) is 0 Å². The smallest absolute Gasteiger partial charge is 0.335 e. The summed E-state index contributed by atoms with van der Waals surface area (Å²) in [6.45, 7) is 0.446. The van der Waals surface area contributed by atoms with Crippen LogP contribution in [0.1, 0.15) is 35.2 Å². The summed E-state index contributed by atoms with van der Waals surface area (Å²) < 4.78 is 0. The van der Waals surface area contributed by atoms with Crippen molar-refractivity contribution in [3.05, 3.63) is 34.3 Å². The number of aromatic carboxylic acids is 1. The van der Waals surface area contributed by atoms with Crippen molar-refractivity contribution in [2.75, 3.05) is 6.54 Å². The van der Waals surface area contributed by atoms with Crippen LogP contribution in [0.2, 0.25) is 5.02 Å². The zero-order valence-electron chi connectivity index (χ0n) is 12.4. The van der Waals surface area contributed by atoms with Crippen molar-refractivity contribution in [2.24, 2.45) is 10.2 Å². The Morgan fingerprint density at radius 2 is 2.09 bits per heavy atom. The lowest BCUT2D eigenvalue weighted by Gasteiger charge is -2.10. The van der Waals surface area contributed by atoms with Crippen LogP contribution in [0.15, 0.2) is 28.4 Å². The number of terminal acetylenes is 1. The van der Waals surface area contributed by atoms with Gasteiger partial charge in [0.1, 0.15) is 0 Å². The number of carboxylic acids is 1. The molecule has 1 heterocycles. The van der Waals surface area contributed by atoms with E-state index in [1.165, 1.54) is 12.1 Å². The number of hydrogen-bond acceptors (Lipinski definition) is 4. The summed E-state index contributed by atoms with van der Waals surface area (Å²) in [6, 6.07) is 4.31. The average Bonchev–Trinajstić information content (AvgIpc) is 3.27. The number of carboxylic acid groups (broad SMARTS) is 1. The molecule has 0 fully saturated rings. The Kier molecular flexibility index (Phi) is 5.35. The minimum absolute atomic E-state index is 0.0877. The lowest BCUT2D eigenvalue weighted by Crippen LogP contribution is -2.29. The molecule has 0 radical (unpaired) electrons. The van der Waals surface area contributed by atoms with Crippen LogP contribution in [0.4, 0.5) is 0 Å². The maximum Gasteiger partial charge on any atom is 0.335 e. The summed E-state index contributed by atoms with van der Waals surface area (Å²) in [6.07, 6.45) is 7.22. The molecule has 0 atom stereocenters. The summed E-state index contributed by atoms with van der Waals surface area (Å²) >= 11 is 6.00. The predicted octanol–water partition coefficient (Wildman–Crippen LogP) is 2.66. The van der Waals surface area contributed by atoms with E-state index in [1.807, 2.05) is 0 Å². The molecule has 1 aliphatic rings. The highest BCUT2D eigenvalue weighted by molar-refractivity contribution is 6.31. The van der Waals surface area contributed by atoms with Gasteiger partial charge in [-0.25, -0.2) is 4.79 Å². The molecule has 6 nitrogen and oxygen atoms in total. The molecule has 0 unspecified atom stereocenters. The molecule has 1 aromatic rings. The molecule has 0 aromatic heterocycles. The molecule has 0 saturated carbocycles. The highest BCUT2D eigenvalue weighted by atomic mass is 35.5. The largest absolute Gasteiger partial charge is 0.478 e. The molecule has 1 amide bonds. The number of amides is 1. The Morgan fingerprint density at radius 3 is 2.65 bits per heavy atom. The Morgan fingerprint density at radius 1 is 1.35 bits per heavy atom. The van der Waals surface area contributed by atoms with Gasteiger partial charge >= 0.3 is 5.97 Å². The van der Waals surface area contributed by atoms with Crippen LogP contribution in [0.5, 0.6) is 0 Å². The predicted molar refractivity (Wildman–Crippen MR) is 85.4 cm³/mol. The fraction of sp³-hybridized carbons (Fsp3) is 0.375. The second kappa shape index (κ2) is 7.25. The van der Waals surface area contributed by atoms with Gasteiger partial charge in [0, 0.05) is 30.8 Å². The molecule has 1 aliphatic heterocycles. The van der Waals surface area contributed by atoms with E-state index in [2.05, 4.69) is 21.5 Å². The van der Waals surface area contributed by atoms with Gasteiger partial charge in [0.05, 0.1) is 12.0 Å². The summed E-state index contributed by atoms with van der Waals surface area (Å²) in [5.74, 6) is 1.30. The van der Waals surface area contributed by atoms with Gasteiger partial charge in [-0.05, 0) is 17.7 Å². The third-order valence-electron chi connectivity index (χ3n) is 3.55. The lowest BCUT2D eigenvalue weighted by molar-refractivity contribution is -0.120. The van der Waals surface area contributed by atoms with Gasteiger partial charge in [-0.15, -0.1) is 12.3 Å². The first kappa shape index (κ1) is 17.0. The van der Waals surface area contributed by atoms with E-state index in [9.17, 15) is 9.59 Å². The molecule has 2 rings (SSSR count). The first-order chi connectivity index (χ1) is 11.0. The zero-order chi connectivity index (χ0) is 16.9. The molecule has 0 spiro atoms. The van der Waals surface area contributed by atoms with Crippen LogP contribution in [0.3, 0.4) is 0 Å². The van der Waals surface area contributed by atoms with Gasteiger partial charge in [0.25, 0.3) is 0 Å². The second-order valence-electron chi connectivity index (χ2n) is 5.27. The molecule has 0 bridgehead atoms.